The largest absolute Gasteiger partial charge is 0.480 e. The van der Waals surface area contributed by atoms with Crippen molar-refractivity contribution in [3.05, 3.63) is 59.7 Å². The molecule has 2 aliphatic rings. The van der Waals surface area contributed by atoms with E-state index in [2.05, 4.69) is 29.6 Å². The molecular weight excluding hydrogens is 408 g/mol. The molecule has 0 radical (unpaired) electrons. The minimum Gasteiger partial charge on any atom is -0.480 e. The van der Waals surface area contributed by atoms with Crippen LogP contribution in [0, 0.1) is 0 Å². The van der Waals surface area contributed by atoms with Crippen LogP contribution in [0.1, 0.15) is 50.2 Å². The number of carbonyl (C=O) groups excluding carboxylic acids is 2. The van der Waals surface area contributed by atoms with Gasteiger partial charge in [-0.1, -0.05) is 48.5 Å². The highest BCUT2D eigenvalue weighted by Crippen LogP contribution is 2.45. The predicted molar refractivity (Wildman–Crippen MR) is 119 cm³/mol. The molecule has 0 heterocycles. The number of aliphatic carboxylic acids is 1. The topological polar surface area (TPSA) is 95.9 Å². The van der Waals surface area contributed by atoms with Crippen molar-refractivity contribution in [3.63, 3.8) is 0 Å². The monoisotopic (exact) mass is 436 g/mol. The van der Waals surface area contributed by atoms with E-state index in [0.29, 0.717) is 12.8 Å². The van der Waals surface area contributed by atoms with E-state index in [1.165, 1.54) is 25.8 Å². The number of carbonyl (C=O) groups is 3. The van der Waals surface area contributed by atoms with Gasteiger partial charge in [0.25, 0.3) is 0 Å². The zero-order chi connectivity index (χ0) is 23.1. The normalized spacial score (nSPS) is 16.0. The lowest BCUT2D eigenvalue weighted by atomic mass is 9.98. The maximum Gasteiger partial charge on any atom is 0.407 e. The number of alkyl carbamates (subject to hydrolysis) is 1. The Bertz CT molecular complexity index is 1030. The van der Waals surface area contributed by atoms with Gasteiger partial charge in [-0.3, -0.25) is 4.79 Å². The van der Waals surface area contributed by atoms with Gasteiger partial charge < -0.3 is 20.1 Å². The first-order valence-electron chi connectivity index (χ1n) is 10.8. The minimum atomic E-state index is -1.32. The van der Waals surface area contributed by atoms with Gasteiger partial charge in [-0.25, -0.2) is 9.59 Å². The molecule has 2 amide bonds. The molecule has 1 fully saturated rings. The molecule has 32 heavy (non-hydrogen) atoms. The number of benzene rings is 2. The second-order valence-corrected chi connectivity index (χ2v) is 9.22. The smallest absolute Gasteiger partial charge is 0.407 e. The van der Waals surface area contributed by atoms with Crippen LogP contribution in [0.4, 0.5) is 4.79 Å². The lowest BCUT2D eigenvalue weighted by Gasteiger charge is -2.32. The molecule has 0 aliphatic heterocycles. The maximum absolute atomic E-state index is 12.6. The van der Waals surface area contributed by atoms with E-state index < -0.39 is 23.1 Å². The van der Waals surface area contributed by atoms with Gasteiger partial charge in [0.2, 0.25) is 5.91 Å². The molecule has 4 rings (SSSR count). The Morgan fingerprint density at radius 3 is 2.09 bits per heavy atom. The number of rotatable bonds is 7. The Morgan fingerprint density at radius 1 is 1.06 bits per heavy atom. The quantitative estimate of drug-likeness (QED) is 0.689. The summed E-state index contributed by atoms with van der Waals surface area (Å²) >= 11 is 0. The van der Waals surface area contributed by atoms with Crippen molar-refractivity contribution in [2.45, 2.75) is 50.1 Å². The van der Waals surface area contributed by atoms with Crippen LogP contribution in [0.15, 0.2) is 48.5 Å². The molecule has 168 valence electrons. The third kappa shape index (κ3) is 3.95. The van der Waals surface area contributed by atoms with Crippen LogP contribution in [0.5, 0.6) is 0 Å². The number of fused-ring (bicyclic) bond motifs is 3. The van der Waals surface area contributed by atoms with Gasteiger partial charge in [0.15, 0.2) is 0 Å². The van der Waals surface area contributed by atoms with Gasteiger partial charge in [-0.05, 0) is 48.9 Å². The summed E-state index contributed by atoms with van der Waals surface area (Å²) in [5, 5.41) is 12.2. The number of amides is 2. The number of likely N-dealkylation sites (N-methyl/N-ethyl adjacent to an activating group) is 1. The number of hydrogen-bond donors (Lipinski definition) is 2. The Hall–Kier alpha value is -3.35. The predicted octanol–water partition coefficient (Wildman–Crippen LogP) is 3.77. The fourth-order valence-corrected chi connectivity index (χ4v) is 4.21. The summed E-state index contributed by atoms with van der Waals surface area (Å²) in [5.74, 6) is -1.44. The standard InChI is InChI=1S/C25H28N2O5/c1-24(2,22(29)30)27(3)21(28)14-25(12-13-25)26-23(31)32-15-20-18-10-6-4-8-16(18)17-9-5-7-11-19(17)20/h4-11,20H,12-15H2,1-3H3,(H,26,31)(H,29,30). The molecule has 7 heteroatoms. The molecule has 0 spiro atoms. The van der Waals surface area contributed by atoms with Crippen LogP contribution in [0.3, 0.4) is 0 Å². The summed E-state index contributed by atoms with van der Waals surface area (Å²) in [6.07, 6.45) is 0.802. The van der Waals surface area contributed by atoms with Crippen LogP contribution in [0.25, 0.3) is 11.1 Å². The highest BCUT2D eigenvalue weighted by atomic mass is 16.5. The third-order valence-electron chi connectivity index (χ3n) is 6.79. The zero-order valence-corrected chi connectivity index (χ0v) is 18.6. The average molecular weight is 437 g/mol. The van der Waals surface area contributed by atoms with E-state index in [9.17, 15) is 19.5 Å². The molecule has 0 atom stereocenters. The SMILES string of the molecule is CN(C(=O)CC1(NC(=O)OCC2c3ccccc3-c3ccccc32)CC1)C(C)(C)C(=O)O. The average Bonchev–Trinajstić information content (AvgIpc) is 3.43. The fraction of sp³-hybridized carbons (Fsp3) is 0.400. The summed E-state index contributed by atoms with van der Waals surface area (Å²) < 4.78 is 5.59. The van der Waals surface area contributed by atoms with Crippen LogP contribution >= 0.6 is 0 Å². The van der Waals surface area contributed by atoms with E-state index in [4.69, 9.17) is 4.74 Å². The Labute approximate surface area is 187 Å². The van der Waals surface area contributed by atoms with Crippen molar-refractivity contribution >= 4 is 18.0 Å². The highest BCUT2D eigenvalue weighted by Gasteiger charge is 2.48. The Morgan fingerprint density at radius 2 is 1.59 bits per heavy atom. The van der Waals surface area contributed by atoms with Crippen LogP contribution in [0.2, 0.25) is 0 Å². The number of nitrogens with one attached hydrogen (secondary N) is 1. The van der Waals surface area contributed by atoms with E-state index in [-0.39, 0.29) is 24.9 Å². The second-order valence-electron chi connectivity index (χ2n) is 9.22. The molecule has 2 aromatic rings. The number of nitrogens with zero attached hydrogens (tertiary/aromatic N) is 1. The number of hydrogen-bond acceptors (Lipinski definition) is 4. The summed E-state index contributed by atoms with van der Waals surface area (Å²) in [6.45, 7) is 3.16. The fourth-order valence-electron chi connectivity index (χ4n) is 4.21. The first-order chi connectivity index (χ1) is 15.1. The Kier molecular flexibility index (Phi) is 5.44. The molecule has 2 aromatic carbocycles. The van der Waals surface area contributed by atoms with Gasteiger partial charge in [0.1, 0.15) is 12.1 Å². The van der Waals surface area contributed by atoms with Crippen LogP contribution in [-0.4, -0.2) is 52.7 Å². The first-order valence-corrected chi connectivity index (χ1v) is 10.8. The second kappa shape index (κ2) is 7.97. The summed E-state index contributed by atoms with van der Waals surface area (Å²) in [6, 6.07) is 16.2. The molecule has 0 bridgehead atoms. The van der Waals surface area contributed by atoms with Gasteiger partial charge in [-0.15, -0.1) is 0 Å². The summed E-state index contributed by atoms with van der Waals surface area (Å²) in [5.41, 5.74) is 2.60. The van der Waals surface area contributed by atoms with Gasteiger partial charge >= 0.3 is 12.1 Å². The third-order valence-corrected chi connectivity index (χ3v) is 6.79. The molecule has 0 aromatic heterocycles. The van der Waals surface area contributed by atoms with Crippen molar-refractivity contribution in [2.75, 3.05) is 13.7 Å². The zero-order valence-electron chi connectivity index (χ0n) is 18.6. The van der Waals surface area contributed by atoms with E-state index >= 15 is 0 Å². The molecule has 1 saturated carbocycles. The molecule has 0 saturated heterocycles. The minimum absolute atomic E-state index is 0.0348. The summed E-state index contributed by atoms with van der Waals surface area (Å²) in [4.78, 5) is 37.9. The lowest BCUT2D eigenvalue weighted by Crippen LogP contribution is -2.52. The molecular formula is C25H28N2O5. The van der Waals surface area contributed by atoms with Crippen molar-refractivity contribution in [1.82, 2.24) is 10.2 Å². The van der Waals surface area contributed by atoms with Crippen molar-refractivity contribution in [3.8, 4) is 11.1 Å². The van der Waals surface area contributed by atoms with Gasteiger partial charge in [0.05, 0.1) is 12.0 Å². The number of ether oxygens (including phenoxy) is 1. The van der Waals surface area contributed by atoms with Crippen molar-refractivity contribution < 1.29 is 24.2 Å². The van der Waals surface area contributed by atoms with Crippen molar-refractivity contribution in [1.29, 1.82) is 0 Å². The Balaban J connectivity index is 1.38. The maximum atomic E-state index is 12.6. The van der Waals surface area contributed by atoms with Crippen LogP contribution < -0.4 is 5.32 Å². The molecule has 2 N–H and O–H groups in total. The molecule has 0 unspecified atom stereocenters. The van der Waals surface area contributed by atoms with Crippen LogP contribution in [-0.2, 0) is 14.3 Å². The van der Waals surface area contributed by atoms with Gasteiger partial charge in [0, 0.05) is 13.0 Å². The van der Waals surface area contributed by atoms with E-state index in [1.807, 2.05) is 24.3 Å². The van der Waals surface area contributed by atoms with Crippen molar-refractivity contribution in [2.24, 2.45) is 0 Å². The summed E-state index contributed by atoms with van der Waals surface area (Å²) in [7, 11) is 1.47. The van der Waals surface area contributed by atoms with E-state index in [0.717, 1.165) is 22.3 Å². The van der Waals surface area contributed by atoms with E-state index in [1.54, 1.807) is 0 Å². The molecule has 2 aliphatic carbocycles. The van der Waals surface area contributed by atoms with Gasteiger partial charge in [-0.2, -0.15) is 0 Å². The number of carboxylic acids is 1. The highest BCUT2D eigenvalue weighted by molar-refractivity contribution is 5.87. The lowest BCUT2D eigenvalue weighted by molar-refractivity contribution is -0.155. The number of carboxylic acid groups (broad SMARTS) is 1. The molecule has 7 nitrogen and oxygen atoms in total. The first kappa shape index (κ1) is 21.9.